The molecule has 0 N–H and O–H groups in total. The number of hydrogen-bond donors (Lipinski definition) is 0. The summed E-state index contributed by atoms with van der Waals surface area (Å²) in [7, 11) is -1.84. The Bertz CT molecular complexity index is 1950. The van der Waals surface area contributed by atoms with E-state index in [0.29, 0.717) is 11.1 Å². The monoisotopic (exact) mass is 559 g/mol. The number of rotatable bonds is 4. The fourth-order valence-corrected chi connectivity index (χ4v) is 12.0. The minimum atomic E-state index is -1.84. The van der Waals surface area contributed by atoms with Crippen LogP contribution in [0.5, 0.6) is 0 Å². The molecule has 3 nitrogen and oxygen atoms in total. The van der Waals surface area contributed by atoms with Crippen LogP contribution in [-0.2, 0) is 12.8 Å². The van der Waals surface area contributed by atoms with Gasteiger partial charge in [0, 0.05) is 23.6 Å². The normalized spacial score (nSPS) is 13.6. The Kier molecular flexibility index (Phi) is 5.85. The van der Waals surface area contributed by atoms with Gasteiger partial charge in [-0.15, -0.1) is 11.3 Å². The molecular weight excluding hydrogens is 523 g/mol. The summed E-state index contributed by atoms with van der Waals surface area (Å²) >= 11 is 1.85. The molecule has 1 aliphatic heterocycles. The Morgan fingerprint density at radius 3 is 2.40 bits per heavy atom. The van der Waals surface area contributed by atoms with E-state index >= 15 is 0 Å². The molecule has 6 aromatic rings. The Balaban J connectivity index is 1.52. The SMILES string of the molecule is Cc1cc2cc(-c3nccc4c3sc3c4nc4n3-c3ccccc3CC4)cc([Si](C)(C(C)C)C(C)C)c2cc1C. The fraction of sp³-hybridized carbons (Fsp3) is 0.314. The minimum absolute atomic E-state index is 0.633. The van der Waals surface area contributed by atoms with Crippen LogP contribution < -0.4 is 5.19 Å². The molecule has 0 spiro atoms. The van der Waals surface area contributed by atoms with Gasteiger partial charge in [-0.1, -0.05) is 75.8 Å². The number of para-hydroxylation sites is 1. The predicted octanol–water partition coefficient (Wildman–Crippen LogP) is 9.28. The van der Waals surface area contributed by atoms with E-state index in [-0.39, 0.29) is 0 Å². The van der Waals surface area contributed by atoms with E-state index < -0.39 is 8.07 Å². The van der Waals surface area contributed by atoms with Crippen LogP contribution in [0, 0.1) is 13.8 Å². The highest BCUT2D eigenvalue weighted by atomic mass is 32.1. The summed E-state index contributed by atoms with van der Waals surface area (Å²) in [6.07, 6.45) is 4.03. The van der Waals surface area contributed by atoms with Gasteiger partial charge in [0.05, 0.1) is 24.2 Å². The first-order chi connectivity index (χ1) is 19.2. The van der Waals surface area contributed by atoms with Gasteiger partial charge in [-0.25, -0.2) is 4.98 Å². The van der Waals surface area contributed by atoms with Crippen molar-refractivity contribution < 1.29 is 0 Å². The maximum absolute atomic E-state index is 5.20. The molecule has 0 aliphatic carbocycles. The van der Waals surface area contributed by atoms with Crippen LogP contribution in [0.3, 0.4) is 0 Å². The van der Waals surface area contributed by atoms with Gasteiger partial charge < -0.3 is 0 Å². The fourth-order valence-electron chi connectivity index (χ4n) is 6.87. The molecule has 0 bridgehead atoms. The highest BCUT2D eigenvalue weighted by Crippen LogP contribution is 2.43. The van der Waals surface area contributed by atoms with Crippen molar-refractivity contribution in [2.75, 3.05) is 0 Å². The molecule has 3 aromatic carbocycles. The van der Waals surface area contributed by atoms with Gasteiger partial charge in [0.25, 0.3) is 0 Å². The van der Waals surface area contributed by atoms with Crippen LogP contribution in [0.4, 0.5) is 0 Å². The molecule has 0 radical (unpaired) electrons. The molecule has 202 valence electrons. The molecule has 0 saturated heterocycles. The first-order valence-electron chi connectivity index (χ1n) is 14.6. The van der Waals surface area contributed by atoms with E-state index in [2.05, 4.69) is 107 Å². The Morgan fingerprint density at radius 2 is 1.62 bits per heavy atom. The van der Waals surface area contributed by atoms with E-state index in [1.54, 1.807) is 5.19 Å². The van der Waals surface area contributed by atoms with E-state index in [9.17, 15) is 0 Å². The average Bonchev–Trinajstić information content (AvgIpc) is 3.49. The molecular formula is C35H37N3SSi. The van der Waals surface area contributed by atoms with Gasteiger partial charge in [0.15, 0.2) is 0 Å². The second kappa shape index (κ2) is 9.12. The maximum atomic E-state index is 5.20. The van der Waals surface area contributed by atoms with Crippen molar-refractivity contribution in [3.8, 4) is 16.9 Å². The summed E-state index contributed by atoms with van der Waals surface area (Å²) in [6, 6.07) is 20.7. The van der Waals surface area contributed by atoms with Gasteiger partial charge in [0.1, 0.15) is 16.2 Å². The first kappa shape index (κ1) is 25.7. The van der Waals surface area contributed by atoms with E-state index in [4.69, 9.17) is 9.97 Å². The van der Waals surface area contributed by atoms with Crippen molar-refractivity contribution in [2.45, 2.75) is 72.0 Å². The predicted molar refractivity (Wildman–Crippen MR) is 176 cm³/mol. The van der Waals surface area contributed by atoms with Crippen LogP contribution in [0.1, 0.15) is 50.2 Å². The topological polar surface area (TPSA) is 30.7 Å². The zero-order valence-electron chi connectivity index (χ0n) is 24.6. The lowest BCUT2D eigenvalue weighted by atomic mass is 9.99. The Labute approximate surface area is 241 Å². The summed E-state index contributed by atoms with van der Waals surface area (Å²) in [5.41, 5.74) is 10.1. The van der Waals surface area contributed by atoms with Crippen LogP contribution in [0.15, 0.2) is 60.8 Å². The molecule has 0 amide bonds. The number of fused-ring (bicyclic) bond motifs is 8. The zero-order valence-corrected chi connectivity index (χ0v) is 26.4. The molecule has 7 rings (SSSR count). The standard InChI is InChI=1S/C35H37N3SSi/c1-20(2)40(7,21(3)4)30-19-26(18-25-16-22(5)23(6)17-28(25)30)32-34-27(14-15-36-32)33-35(39-34)38-29-11-9-8-10-24(29)12-13-31(38)37-33/h8-11,14-21H,12-13H2,1-7H3. The van der Waals surface area contributed by atoms with E-state index in [0.717, 1.165) is 24.1 Å². The average molecular weight is 560 g/mol. The number of hydrogen-bond acceptors (Lipinski definition) is 3. The highest BCUT2D eigenvalue weighted by Gasteiger charge is 2.38. The van der Waals surface area contributed by atoms with Crippen LogP contribution in [0.2, 0.25) is 17.6 Å². The molecule has 3 aromatic heterocycles. The van der Waals surface area contributed by atoms with Gasteiger partial charge >= 0.3 is 0 Å². The number of benzene rings is 3. The number of aryl methyl sites for hydroxylation is 4. The summed E-state index contributed by atoms with van der Waals surface area (Å²) in [6.45, 7) is 16.8. The van der Waals surface area contributed by atoms with E-state index in [1.165, 1.54) is 59.5 Å². The first-order valence-corrected chi connectivity index (χ1v) is 18.1. The van der Waals surface area contributed by atoms with Crippen LogP contribution in [-0.4, -0.2) is 22.6 Å². The van der Waals surface area contributed by atoms with Crippen molar-refractivity contribution in [1.82, 2.24) is 14.5 Å². The number of pyridine rings is 1. The maximum Gasteiger partial charge on any atom is 0.128 e. The third-order valence-corrected chi connectivity index (χ3v) is 17.5. The lowest BCUT2D eigenvalue weighted by Crippen LogP contribution is -2.50. The molecule has 4 heterocycles. The van der Waals surface area contributed by atoms with Gasteiger partial charge in [-0.2, -0.15) is 0 Å². The minimum Gasteiger partial charge on any atom is -0.287 e. The lowest BCUT2D eigenvalue weighted by molar-refractivity contribution is 0.791. The van der Waals surface area contributed by atoms with Crippen molar-refractivity contribution in [3.05, 3.63) is 83.3 Å². The summed E-state index contributed by atoms with van der Waals surface area (Å²) in [5, 5.41) is 5.56. The smallest absolute Gasteiger partial charge is 0.128 e. The van der Waals surface area contributed by atoms with Gasteiger partial charge in [-0.05, 0) is 77.0 Å². The second-order valence-corrected chi connectivity index (χ2v) is 19.0. The summed E-state index contributed by atoms with van der Waals surface area (Å²) < 4.78 is 3.65. The number of aromatic nitrogens is 3. The van der Waals surface area contributed by atoms with Crippen LogP contribution in [0.25, 0.3) is 48.2 Å². The van der Waals surface area contributed by atoms with Crippen molar-refractivity contribution >= 4 is 55.8 Å². The molecule has 0 atom stereocenters. The summed E-state index contributed by atoms with van der Waals surface area (Å²) in [5.74, 6) is 1.18. The van der Waals surface area contributed by atoms with Crippen molar-refractivity contribution in [1.29, 1.82) is 0 Å². The largest absolute Gasteiger partial charge is 0.287 e. The number of nitrogens with zero attached hydrogens (tertiary/aromatic N) is 3. The number of thiophene rings is 1. The molecule has 0 fully saturated rings. The van der Waals surface area contributed by atoms with Gasteiger partial charge in [0.2, 0.25) is 0 Å². The number of imidazole rings is 1. The van der Waals surface area contributed by atoms with Gasteiger partial charge in [-0.3, -0.25) is 9.55 Å². The Hall–Kier alpha value is -3.28. The highest BCUT2D eigenvalue weighted by molar-refractivity contribution is 7.26. The van der Waals surface area contributed by atoms with Crippen LogP contribution >= 0.6 is 11.3 Å². The third kappa shape index (κ3) is 3.60. The third-order valence-electron chi connectivity index (χ3n) is 9.93. The molecule has 40 heavy (non-hydrogen) atoms. The lowest BCUT2D eigenvalue weighted by Gasteiger charge is -2.37. The van der Waals surface area contributed by atoms with Crippen molar-refractivity contribution in [2.24, 2.45) is 0 Å². The molecule has 5 heteroatoms. The molecule has 1 aliphatic rings. The Morgan fingerprint density at radius 1 is 0.875 bits per heavy atom. The molecule has 0 unspecified atom stereocenters. The van der Waals surface area contributed by atoms with E-state index in [1.807, 2.05) is 17.5 Å². The zero-order chi connectivity index (χ0) is 27.9. The summed E-state index contributed by atoms with van der Waals surface area (Å²) in [4.78, 5) is 11.5. The second-order valence-electron chi connectivity index (χ2n) is 12.6. The molecule has 0 saturated carbocycles. The van der Waals surface area contributed by atoms with Crippen molar-refractivity contribution in [3.63, 3.8) is 0 Å². The quantitative estimate of drug-likeness (QED) is 0.202.